The van der Waals surface area contributed by atoms with Crippen molar-refractivity contribution < 1.29 is 24.2 Å². The van der Waals surface area contributed by atoms with Crippen LogP contribution in [-0.2, 0) is 14.3 Å². The van der Waals surface area contributed by atoms with Crippen LogP contribution in [0.1, 0.15) is 47.0 Å². The highest BCUT2D eigenvalue weighted by Gasteiger charge is 2.39. The van der Waals surface area contributed by atoms with Gasteiger partial charge in [-0.05, 0) is 47.0 Å². The summed E-state index contributed by atoms with van der Waals surface area (Å²) in [7, 11) is 0. The molecule has 1 heterocycles. The normalized spacial score (nSPS) is 27.2. The molecular formula is C13H22N2O5. The summed E-state index contributed by atoms with van der Waals surface area (Å²) in [5.41, 5.74) is -1.94. The SMILES string of the molecule is CC(C)(C)OC(=O)N[C@@H]1CCC[C@@](C)(C(=O)O)NC1=O. The van der Waals surface area contributed by atoms with Crippen molar-refractivity contribution in [3.05, 3.63) is 0 Å². The number of ether oxygens (including phenoxy) is 1. The van der Waals surface area contributed by atoms with Crippen molar-refractivity contribution in [2.75, 3.05) is 0 Å². The zero-order valence-electron chi connectivity index (χ0n) is 12.3. The summed E-state index contributed by atoms with van der Waals surface area (Å²) in [6, 6.07) is -0.772. The Morgan fingerprint density at radius 3 is 2.55 bits per heavy atom. The minimum Gasteiger partial charge on any atom is -0.480 e. The maximum atomic E-state index is 12.0. The van der Waals surface area contributed by atoms with Crippen molar-refractivity contribution in [2.45, 2.75) is 64.1 Å². The first kappa shape index (κ1) is 16.3. The summed E-state index contributed by atoms with van der Waals surface area (Å²) < 4.78 is 5.08. The number of alkyl carbamates (subject to hydrolysis) is 1. The molecule has 0 bridgehead atoms. The standard InChI is InChI=1S/C13H22N2O5/c1-12(2,3)20-11(19)14-8-6-5-7-13(4,10(17)18)15-9(8)16/h8H,5-7H2,1-4H3,(H,14,19)(H,15,16)(H,17,18)/t8-,13+/m1/s1. The summed E-state index contributed by atoms with van der Waals surface area (Å²) >= 11 is 0. The molecule has 0 unspecified atom stereocenters. The maximum Gasteiger partial charge on any atom is 0.408 e. The Balaban J connectivity index is 2.68. The van der Waals surface area contributed by atoms with E-state index in [0.717, 1.165) is 0 Å². The lowest BCUT2D eigenvalue weighted by Crippen LogP contribution is -2.56. The average Bonchev–Trinajstić information content (AvgIpc) is 2.37. The molecule has 7 nitrogen and oxygen atoms in total. The van der Waals surface area contributed by atoms with E-state index in [9.17, 15) is 14.4 Å². The first-order chi connectivity index (χ1) is 9.03. The fourth-order valence-electron chi connectivity index (χ4n) is 1.96. The molecular weight excluding hydrogens is 264 g/mol. The van der Waals surface area contributed by atoms with Gasteiger partial charge >= 0.3 is 12.1 Å². The van der Waals surface area contributed by atoms with Gasteiger partial charge in [0.15, 0.2) is 0 Å². The van der Waals surface area contributed by atoms with Crippen LogP contribution >= 0.6 is 0 Å². The number of carboxylic acids is 1. The highest BCUT2D eigenvalue weighted by molar-refractivity contribution is 5.91. The van der Waals surface area contributed by atoms with Crippen LogP contribution in [0.15, 0.2) is 0 Å². The van der Waals surface area contributed by atoms with Crippen molar-refractivity contribution >= 4 is 18.0 Å². The molecule has 2 amide bonds. The second-order valence-electron chi connectivity index (χ2n) is 6.22. The number of rotatable bonds is 2. The Labute approximate surface area is 118 Å². The van der Waals surface area contributed by atoms with Gasteiger partial charge in [0, 0.05) is 0 Å². The van der Waals surface area contributed by atoms with Crippen molar-refractivity contribution in [1.29, 1.82) is 0 Å². The molecule has 0 spiro atoms. The second kappa shape index (κ2) is 5.68. The smallest absolute Gasteiger partial charge is 0.408 e. The topological polar surface area (TPSA) is 105 Å². The quantitative estimate of drug-likeness (QED) is 0.703. The van der Waals surface area contributed by atoms with Crippen molar-refractivity contribution in [3.63, 3.8) is 0 Å². The number of nitrogens with one attached hydrogen (secondary N) is 2. The molecule has 1 aliphatic rings. The van der Waals surface area contributed by atoms with Crippen LogP contribution in [0.5, 0.6) is 0 Å². The van der Waals surface area contributed by atoms with Gasteiger partial charge in [-0.25, -0.2) is 9.59 Å². The summed E-state index contributed by atoms with van der Waals surface area (Å²) in [6.45, 7) is 6.63. The molecule has 0 aromatic heterocycles. The van der Waals surface area contributed by atoms with E-state index in [1.165, 1.54) is 6.92 Å². The number of aliphatic carboxylic acids is 1. The van der Waals surface area contributed by atoms with Gasteiger partial charge < -0.3 is 20.5 Å². The van der Waals surface area contributed by atoms with Crippen molar-refractivity contribution in [3.8, 4) is 0 Å². The van der Waals surface area contributed by atoms with Crippen LogP contribution in [0.4, 0.5) is 4.79 Å². The van der Waals surface area contributed by atoms with Crippen LogP contribution in [0.25, 0.3) is 0 Å². The Hall–Kier alpha value is -1.79. The Morgan fingerprint density at radius 2 is 2.05 bits per heavy atom. The van der Waals surface area contributed by atoms with Crippen LogP contribution < -0.4 is 10.6 Å². The molecule has 3 N–H and O–H groups in total. The lowest BCUT2D eigenvalue weighted by molar-refractivity contribution is -0.146. The number of hydrogen-bond acceptors (Lipinski definition) is 4. The molecule has 114 valence electrons. The lowest BCUT2D eigenvalue weighted by Gasteiger charge is -2.25. The zero-order valence-corrected chi connectivity index (χ0v) is 12.3. The predicted molar refractivity (Wildman–Crippen MR) is 71.2 cm³/mol. The average molecular weight is 286 g/mol. The molecule has 1 rings (SSSR count). The van der Waals surface area contributed by atoms with E-state index in [1.54, 1.807) is 20.8 Å². The molecule has 1 fully saturated rings. The first-order valence-corrected chi connectivity index (χ1v) is 6.58. The summed E-state index contributed by atoms with van der Waals surface area (Å²) in [6.07, 6.45) is 0.535. The van der Waals surface area contributed by atoms with Crippen LogP contribution in [0, 0.1) is 0 Å². The van der Waals surface area contributed by atoms with E-state index in [0.29, 0.717) is 19.3 Å². The summed E-state index contributed by atoms with van der Waals surface area (Å²) in [5, 5.41) is 14.1. The van der Waals surface area contributed by atoms with Gasteiger partial charge in [0.1, 0.15) is 17.2 Å². The van der Waals surface area contributed by atoms with Crippen LogP contribution in [-0.4, -0.2) is 40.3 Å². The first-order valence-electron chi connectivity index (χ1n) is 6.58. The Kier molecular flexibility index (Phi) is 4.62. The third kappa shape index (κ3) is 4.40. The fourth-order valence-corrected chi connectivity index (χ4v) is 1.96. The van der Waals surface area contributed by atoms with E-state index < -0.39 is 35.2 Å². The largest absolute Gasteiger partial charge is 0.480 e. The molecule has 7 heteroatoms. The van der Waals surface area contributed by atoms with E-state index in [4.69, 9.17) is 9.84 Å². The molecule has 0 saturated carbocycles. The minimum absolute atomic E-state index is 0.320. The maximum absolute atomic E-state index is 12.0. The number of carbonyl (C=O) groups is 3. The number of carboxylic acid groups (broad SMARTS) is 1. The fraction of sp³-hybridized carbons (Fsp3) is 0.769. The van der Waals surface area contributed by atoms with Gasteiger partial charge in [0.2, 0.25) is 5.91 Å². The van der Waals surface area contributed by atoms with Gasteiger partial charge in [0.05, 0.1) is 0 Å². The third-order valence-corrected chi connectivity index (χ3v) is 3.05. The zero-order chi connectivity index (χ0) is 15.6. The molecule has 0 aromatic rings. The predicted octanol–water partition coefficient (Wildman–Crippen LogP) is 1.02. The Morgan fingerprint density at radius 1 is 1.45 bits per heavy atom. The molecule has 0 radical (unpaired) electrons. The number of amides is 2. The summed E-state index contributed by atoms with van der Waals surface area (Å²) in [5.74, 6) is -1.58. The van der Waals surface area contributed by atoms with Gasteiger partial charge in [-0.3, -0.25) is 4.79 Å². The van der Waals surface area contributed by atoms with E-state index >= 15 is 0 Å². The molecule has 20 heavy (non-hydrogen) atoms. The highest BCUT2D eigenvalue weighted by atomic mass is 16.6. The lowest BCUT2D eigenvalue weighted by atomic mass is 9.96. The molecule has 1 aliphatic heterocycles. The highest BCUT2D eigenvalue weighted by Crippen LogP contribution is 2.20. The van der Waals surface area contributed by atoms with Crippen molar-refractivity contribution in [1.82, 2.24) is 10.6 Å². The second-order valence-corrected chi connectivity index (χ2v) is 6.22. The third-order valence-electron chi connectivity index (χ3n) is 3.05. The molecule has 0 aromatic carbocycles. The van der Waals surface area contributed by atoms with Crippen LogP contribution in [0.3, 0.4) is 0 Å². The van der Waals surface area contributed by atoms with E-state index in [2.05, 4.69) is 10.6 Å². The van der Waals surface area contributed by atoms with Gasteiger partial charge in [-0.1, -0.05) is 0 Å². The molecule has 0 aliphatic carbocycles. The van der Waals surface area contributed by atoms with E-state index in [1.807, 2.05) is 0 Å². The number of carbonyl (C=O) groups excluding carboxylic acids is 2. The summed E-state index contributed by atoms with van der Waals surface area (Å²) in [4.78, 5) is 34.8. The van der Waals surface area contributed by atoms with E-state index in [-0.39, 0.29) is 0 Å². The van der Waals surface area contributed by atoms with Crippen LogP contribution in [0.2, 0.25) is 0 Å². The number of hydrogen-bond donors (Lipinski definition) is 3. The minimum atomic E-state index is -1.29. The Bertz CT molecular complexity index is 415. The van der Waals surface area contributed by atoms with Gasteiger partial charge in [-0.2, -0.15) is 0 Å². The monoisotopic (exact) mass is 286 g/mol. The molecule has 1 saturated heterocycles. The van der Waals surface area contributed by atoms with Crippen molar-refractivity contribution in [2.24, 2.45) is 0 Å². The molecule has 2 atom stereocenters. The van der Waals surface area contributed by atoms with Gasteiger partial charge in [-0.15, -0.1) is 0 Å². The van der Waals surface area contributed by atoms with Gasteiger partial charge in [0.25, 0.3) is 0 Å².